The third-order valence-corrected chi connectivity index (χ3v) is 3.84. The summed E-state index contributed by atoms with van der Waals surface area (Å²) in [4.78, 5) is 0. The normalized spacial score (nSPS) is 13.4. The van der Waals surface area contributed by atoms with Crippen LogP contribution >= 0.6 is 0 Å². The number of hydrogen-bond acceptors (Lipinski definition) is 4. The summed E-state index contributed by atoms with van der Waals surface area (Å²) in [6.45, 7) is 11.9. The Morgan fingerprint density at radius 1 is 0.864 bits per heavy atom. The number of unbranched alkanes of at least 4 members (excludes halogenated alkanes) is 2. The molecule has 4 heteroatoms. The molecule has 0 aliphatic carbocycles. The molecule has 0 aromatic carbocycles. The monoisotopic (exact) mass is 318 g/mol. The zero-order chi connectivity index (χ0) is 17.1. The van der Waals surface area contributed by atoms with E-state index in [-0.39, 0.29) is 13.2 Å². The molecule has 0 aromatic rings. The molecule has 0 spiro atoms. The average molecular weight is 319 g/mol. The van der Waals surface area contributed by atoms with Crippen molar-refractivity contribution in [2.24, 2.45) is 5.92 Å². The second kappa shape index (κ2) is 20.8. The Balaban J connectivity index is 0. The van der Waals surface area contributed by atoms with E-state index >= 15 is 0 Å². The highest BCUT2D eigenvalue weighted by atomic mass is 16.3. The summed E-state index contributed by atoms with van der Waals surface area (Å²) in [5.74, 6) is 0.798. The molecule has 136 valence electrons. The van der Waals surface area contributed by atoms with Crippen LogP contribution in [0.25, 0.3) is 0 Å². The van der Waals surface area contributed by atoms with Crippen molar-refractivity contribution in [1.29, 1.82) is 0 Å². The molecule has 4 nitrogen and oxygen atoms in total. The first-order chi connectivity index (χ1) is 10.7. The zero-order valence-electron chi connectivity index (χ0n) is 15.5. The van der Waals surface area contributed by atoms with Crippen LogP contribution in [0.1, 0.15) is 72.6 Å². The fourth-order valence-corrected chi connectivity index (χ4v) is 2.36. The van der Waals surface area contributed by atoms with Gasteiger partial charge < -0.3 is 20.8 Å². The predicted molar refractivity (Wildman–Crippen MR) is 97.3 cm³/mol. The molecule has 0 heterocycles. The number of hydrogen-bond donors (Lipinski definition) is 4. The van der Waals surface area contributed by atoms with Crippen LogP contribution in [-0.2, 0) is 0 Å². The van der Waals surface area contributed by atoms with Crippen LogP contribution in [0.15, 0.2) is 0 Å². The number of aliphatic hydroxyl groups excluding tert-OH is 2. The van der Waals surface area contributed by atoms with Crippen molar-refractivity contribution in [3.8, 4) is 0 Å². The predicted octanol–water partition coefficient (Wildman–Crippen LogP) is 2.93. The van der Waals surface area contributed by atoms with E-state index in [0.717, 1.165) is 25.6 Å². The van der Waals surface area contributed by atoms with Crippen LogP contribution in [-0.4, -0.2) is 49.1 Å². The van der Waals surface area contributed by atoms with E-state index < -0.39 is 0 Å². The lowest BCUT2D eigenvalue weighted by Gasteiger charge is -2.13. The minimum atomic E-state index is 0.248. The van der Waals surface area contributed by atoms with Crippen molar-refractivity contribution in [3.63, 3.8) is 0 Å². The van der Waals surface area contributed by atoms with Gasteiger partial charge in [-0.05, 0) is 32.2 Å². The Morgan fingerprint density at radius 3 is 2.05 bits per heavy atom. The van der Waals surface area contributed by atoms with Gasteiger partial charge in [0.1, 0.15) is 0 Å². The summed E-state index contributed by atoms with van der Waals surface area (Å²) in [5.41, 5.74) is 0. The van der Waals surface area contributed by atoms with Crippen LogP contribution in [0, 0.1) is 5.92 Å². The van der Waals surface area contributed by atoms with Gasteiger partial charge in [-0.3, -0.25) is 0 Å². The van der Waals surface area contributed by atoms with E-state index in [1.165, 1.54) is 44.9 Å². The Labute approximate surface area is 139 Å². The van der Waals surface area contributed by atoms with Gasteiger partial charge in [0.05, 0.1) is 13.2 Å². The highest BCUT2D eigenvalue weighted by molar-refractivity contribution is 4.60. The average Bonchev–Trinajstić information content (AvgIpc) is 2.53. The van der Waals surface area contributed by atoms with E-state index in [1.807, 2.05) is 0 Å². The minimum absolute atomic E-state index is 0.248. The maximum absolute atomic E-state index is 8.52. The lowest BCUT2D eigenvalue weighted by Crippen LogP contribution is -2.28. The van der Waals surface area contributed by atoms with Crippen molar-refractivity contribution in [3.05, 3.63) is 0 Å². The second-order valence-electron chi connectivity index (χ2n) is 6.07. The van der Waals surface area contributed by atoms with Gasteiger partial charge in [-0.2, -0.15) is 0 Å². The second-order valence-corrected chi connectivity index (χ2v) is 6.07. The van der Waals surface area contributed by atoms with Gasteiger partial charge in [0.15, 0.2) is 0 Å². The molecule has 2 atom stereocenters. The molecule has 0 saturated carbocycles. The van der Waals surface area contributed by atoms with Crippen molar-refractivity contribution >= 4 is 0 Å². The van der Waals surface area contributed by atoms with E-state index in [2.05, 4.69) is 38.3 Å². The van der Waals surface area contributed by atoms with E-state index in [1.54, 1.807) is 0 Å². The van der Waals surface area contributed by atoms with Crippen molar-refractivity contribution in [2.45, 2.75) is 78.7 Å². The Hall–Kier alpha value is -0.160. The molecular formula is C18H42N2O2. The molecule has 0 saturated heterocycles. The highest BCUT2D eigenvalue weighted by Crippen LogP contribution is 2.08. The minimum Gasteiger partial charge on any atom is -0.395 e. The first-order valence-corrected chi connectivity index (χ1v) is 9.31. The zero-order valence-corrected chi connectivity index (χ0v) is 15.5. The third kappa shape index (κ3) is 19.8. The van der Waals surface area contributed by atoms with Crippen LogP contribution in [0.4, 0.5) is 0 Å². The first kappa shape index (κ1) is 24.1. The molecule has 0 fully saturated rings. The quantitative estimate of drug-likeness (QED) is 0.372. The van der Waals surface area contributed by atoms with Crippen molar-refractivity contribution < 1.29 is 10.2 Å². The first-order valence-electron chi connectivity index (χ1n) is 9.31. The molecular weight excluding hydrogens is 276 g/mol. The number of aliphatic hydroxyl groups is 2. The molecule has 0 aliphatic rings. The fourth-order valence-electron chi connectivity index (χ4n) is 2.36. The Morgan fingerprint density at radius 2 is 1.55 bits per heavy atom. The third-order valence-electron chi connectivity index (χ3n) is 3.84. The summed E-state index contributed by atoms with van der Waals surface area (Å²) in [6.07, 6.45) is 8.95. The molecule has 0 bridgehead atoms. The Kier molecular flexibility index (Phi) is 22.8. The fraction of sp³-hybridized carbons (Fsp3) is 1.00. The molecule has 0 aliphatic heterocycles. The van der Waals surface area contributed by atoms with Crippen LogP contribution in [0.5, 0.6) is 0 Å². The van der Waals surface area contributed by atoms with Crippen molar-refractivity contribution in [2.75, 3.05) is 32.8 Å². The lowest BCUT2D eigenvalue weighted by molar-refractivity contribution is 0.283. The van der Waals surface area contributed by atoms with Crippen LogP contribution in [0.3, 0.4) is 0 Å². The maximum Gasteiger partial charge on any atom is 0.0556 e. The largest absolute Gasteiger partial charge is 0.395 e. The van der Waals surface area contributed by atoms with E-state index in [0.29, 0.717) is 6.04 Å². The molecule has 2 unspecified atom stereocenters. The van der Waals surface area contributed by atoms with Crippen LogP contribution < -0.4 is 10.6 Å². The summed E-state index contributed by atoms with van der Waals surface area (Å²) in [6, 6.07) is 0.564. The van der Waals surface area contributed by atoms with Gasteiger partial charge in [0.25, 0.3) is 0 Å². The topological polar surface area (TPSA) is 64.5 Å². The maximum atomic E-state index is 8.52. The SMILES string of the molecule is CCCC(CC)CNCCO.CCCCCC(C)NCCO. The van der Waals surface area contributed by atoms with Gasteiger partial charge in [0.2, 0.25) is 0 Å². The van der Waals surface area contributed by atoms with E-state index in [4.69, 9.17) is 10.2 Å². The molecule has 22 heavy (non-hydrogen) atoms. The van der Waals surface area contributed by atoms with Gasteiger partial charge in [-0.25, -0.2) is 0 Å². The molecule has 0 aromatic heterocycles. The molecule has 0 amide bonds. The van der Waals surface area contributed by atoms with Gasteiger partial charge in [-0.1, -0.05) is 52.9 Å². The molecule has 0 radical (unpaired) electrons. The standard InChI is InChI=1S/2C9H21NO/c1-3-4-5-6-9(2)10-7-8-11;1-3-5-9(4-2)8-10-6-7-11/h2*9-11H,3-8H2,1-2H3. The summed E-state index contributed by atoms with van der Waals surface area (Å²) in [7, 11) is 0. The summed E-state index contributed by atoms with van der Waals surface area (Å²) in [5, 5.41) is 23.5. The lowest BCUT2D eigenvalue weighted by atomic mass is 10.0. The number of rotatable bonds is 14. The van der Waals surface area contributed by atoms with Gasteiger partial charge in [0, 0.05) is 19.1 Å². The summed E-state index contributed by atoms with van der Waals surface area (Å²) < 4.78 is 0. The Bertz CT molecular complexity index is 192. The number of nitrogens with one attached hydrogen (secondary N) is 2. The highest BCUT2D eigenvalue weighted by Gasteiger charge is 2.02. The summed E-state index contributed by atoms with van der Waals surface area (Å²) >= 11 is 0. The van der Waals surface area contributed by atoms with Crippen LogP contribution in [0.2, 0.25) is 0 Å². The molecule has 4 N–H and O–H groups in total. The van der Waals surface area contributed by atoms with Gasteiger partial charge >= 0.3 is 0 Å². The smallest absolute Gasteiger partial charge is 0.0556 e. The van der Waals surface area contributed by atoms with Crippen molar-refractivity contribution in [1.82, 2.24) is 10.6 Å². The van der Waals surface area contributed by atoms with E-state index in [9.17, 15) is 0 Å². The van der Waals surface area contributed by atoms with Gasteiger partial charge in [-0.15, -0.1) is 0 Å². The molecule has 0 rings (SSSR count).